The van der Waals surface area contributed by atoms with E-state index in [1.165, 1.54) is 0 Å². The lowest BCUT2D eigenvalue weighted by atomic mass is 10.1. The topological polar surface area (TPSA) is 66.4 Å². The number of nitrogens with one attached hydrogen (secondary N) is 1. The number of carbonyl (C=O) groups is 2. The highest BCUT2D eigenvalue weighted by Crippen LogP contribution is 2.10. The van der Waals surface area contributed by atoms with Crippen LogP contribution in [0.5, 0.6) is 0 Å². The molecule has 21 heavy (non-hydrogen) atoms. The van der Waals surface area contributed by atoms with Crippen LogP contribution in [-0.2, 0) is 4.79 Å². The molecule has 0 heterocycles. The van der Waals surface area contributed by atoms with Gasteiger partial charge >= 0.3 is 5.97 Å². The van der Waals surface area contributed by atoms with E-state index in [0.717, 1.165) is 37.7 Å². The van der Waals surface area contributed by atoms with Gasteiger partial charge in [-0.25, -0.2) is 0 Å². The van der Waals surface area contributed by atoms with E-state index in [4.69, 9.17) is 5.11 Å². The van der Waals surface area contributed by atoms with Crippen LogP contribution in [-0.4, -0.2) is 23.5 Å². The zero-order valence-corrected chi connectivity index (χ0v) is 12.3. The third-order valence-corrected chi connectivity index (χ3v) is 3.28. The van der Waals surface area contributed by atoms with Crippen LogP contribution >= 0.6 is 0 Å². The van der Waals surface area contributed by atoms with Gasteiger partial charge in [-0.15, -0.1) is 0 Å². The molecule has 1 aromatic rings. The summed E-state index contributed by atoms with van der Waals surface area (Å²) in [4.78, 5) is 22.4. The van der Waals surface area contributed by atoms with Gasteiger partial charge < -0.3 is 10.4 Å². The van der Waals surface area contributed by atoms with Crippen molar-refractivity contribution in [1.29, 1.82) is 0 Å². The quantitative estimate of drug-likeness (QED) is 0.648. The summed E-state index contributed by atoms with van der Waals surface area (Å²) in [6.07, 6.45) is 6.50. The molecular formula is C17H23NO3. The molecule has 1 rings (SSSR count). The lowest BCUT2D eigenvalue weighted by Gasteiger charge is -2.07. The van der Waals surface area contributed by atoms with Crippen LogP contribution in [0.25, 0.3) is 6.08 Å². The summed E-state index contributed by atoms with van der Waals surface area (Å²) in [5.41, 5.74) is 1.48. The van der Waals surface area contributed by atoms with E-state index in [2.05, 4.69) is 11.9 Å². The third kappa shape index (κ3) is 6.75. The van der Waals surface area contributed by atoms with E-state index in [9.17, 15) is 9.59 Å². The first-order chi connectivity index (χ1) is 10.1. The fourth-order valence-electron chi connectivity index (χ4n) is 2.11. The maximum absolute atomic E-state index is 12.0. The van der Waals surface area contributed by atoms with Crippen molar-refractivity contribution in [2.24, 2.45) is 0 Å². The van der Waals surface area contributed by atoms with Gasteiger partial charge in [-0.05, 0) is 24.5 Å². The molecule has 0 aliphatic heterocycles. The second-order valence-corrected chi connectivity index (χ2v) is 4.96. The number of amides is 1. The van der Waals surface area contributed by atoms with E-state index in [-0.39, 0.29) is 12.3 Å². The largest absolute Gasteiger partial charge is 0.481 e. The van der Waals surface area contributed by atoms with Gasteiger partial charge in [0.1, 0.15) is 0 Å². The smallest absolute Gasteiger partial charge is 0.303 e. The van der Waals surface area contributed by atoms with Crippen LogP contribution in [0.2, 0.25) is 0 Å². The lowest BCUT2D eigenvalue weighted by molar-refractivity contribution is -0.137. The Morgan fingerprint density at radius 2 is 1.76 bits per heavy atom. The molecule has 0 aliphatic rings. The average molecular weight is 289 g/mol. The summed E-state index contributed by atoms with van der Waals surface area (Å²) >= 11 is 0. The number of aliphatic carboxylic acids is 1. The molecule has 4 nitrogen and oxygen atoms in total. The minimum absolute atomic E-state index is 0.0728. The third-order valence-electron chi connectivity index (χ3n) is 3.28. The van der Waals surface area contributed by atoms with Gasteiger partial charge in [0.05, 0.1) is 0 Å². The molecule has 1 amide bonds. The maximum Gasteiger partial charge on any atom is 0.303 e. The van der Waals surface area contributed by atoms with Crippen LogP contribution < -0.4 is 5.32 Å². The second kappa shape index (κ2) is 9.75. The molecule has 1 aromatic carbocycles. The molecule has 0 saturated carbocycles. The Morgan fingerprint density at radius 1 is 1.10 bits per heavy atom. The van der Waals surface area contributed by atoms with Crippen LogP contribution in [0, 0.1) is 0 Å². The zero-order valence-electron chi connectivity index (χ0n) is 12.3. The van der Waals surface area contributed by atoms with Gasteiger partial charge in [-0.1, -0.05) is 50.1 Å². The Kier molecular flexibility index (Phi) is 7.87. The molecule has 0 spiro atoms. The van der Waals surface area contributed by atoms with Gasteiger partial charge in [-0.3, -0.25) is 9.59 Å². The summed E-state index contributed by atoms with van der Waals surface area (Å²) in [5.74, 6) is -0.806. The van der Waals surface area contributed by atoms with Crippen molar-refractivity contribution in [1.82, 2.24) is 5.32 Å². The lowest BCUT2D eigenvalue weighted by Crippen LogP contribution is -2.25. The zero-order chi connectivity index (χ0) is 15.5. The Morgan fingerprint density at radius 3 is 2.48 bits per heavy atom. The maximum atomic E-state index is 12.0. The summed E-state index contributed by atoms with van der Waals surface area (Å²) in [6.45, 7) is 4.34. The van der Waals surface area contributed by atoms with Crippen molar-refractivity contribution >= 4 is 18.0 Å². The van der Waals surface area contributed by atoms with E-state index in [1.807, 2.05) is 18.2 Å². The second-order valence-electron chi connectivity index (χ2n) is 4.96. The minimum Gasteiger partial charge on any atom is -0.481 e. The molecule has 0 aromatic heterocycles. The van der Waals surface area contributed by atoms with E-state index >= 15 is 0 Å². The molecule has 0 bridgehead atoms. The first-order valence-corrected chi connectivity index (χ1v) is 7.36. The van der Waals surface area contributed by atoms with Crippen LogP contribution in [0.1, 0.15) is 54.4 Å². The Hall–Kier alpha value is -2.10. The normalized spacial score (nSPS) is 10.1. The van der Waals surface area contributed by atoms with Crippen LogP contribution in [0.3, 0.4) is 0 Å². The van der Waals surface area contributed by atoms with Crippen molar-refractivity contribution < 1.29 is 14.7 Å². The monoisotopic (exact) mass is 289 g/mol. The minimum atomic E-state index is -0.733. The Labute approximate surface area is 125 Å². The van der Waals surface area contributed by atoms with E-state index in [1.54, 1.807) is 12.1 Å². The number of unbranched alkanes of at least 4 members (excludes halogenated alkanes) is 4. The predicted molar refractivity (Wildman–Crippen MR) is 84.2 cm³/mol. The highest BCUT2D eigenvalue weighted by atomic mass is 16.4. The number of rotatable bonds is 10. The molecule has 0 unspecified atom stereocenters. The molecule has 0 radical (unpaired) electrons. The summed E-state index contributed by atoms with van der Waals surface area (Å²) in [7, 11) is 0. The fourth-order valence-corrected chi connectivity index (χ4v) is 2.11. The fraction of sp³-hybridized carbons (Fsp3) is 0.412. The van der Waals surface area contributed by atoms with Crippen LogP contribution in [0.4, 0.5) is 0 Å². The van der Waals surface area contributed by atoms with Gasteiger partial charge in [0, 0.05) is 18.5 Å². The van der Waals surface area contributed by atoms with Crippen molar-refractivity contribution in [3.63, 3.8) is 0 Å². The Balaban J connectivity index is 2.16. The first kappa shape index (κ1) is 17.0. The molecule has 0 saturated heterocycles. The molecule has 0 fully saturated rings. The van der Waals surface area contributed by atoms with Gasteiger partial charge in [0.15, 0.2) is 0 Å². The highest BCUT2D eigenvalue weighted by molar-refractivity contribution is 5.97. The summed E-state index contributed by atoms with van der Waals surface area (Å²) in [6, 6.07) is 7.37. The molecule has 114 valence electrons. The standard InChI is InChI=1S/C17H23NO3/c1-2-14-10-7-8-11-15(14)17(21)18-13-9-5-3-4-6-12-16(19)20/h2,7-8,10-11H,1,3-6,9,12-13H2,(H,18,21)(H,19,20). The van der Waals surface area contributed by atoms with Crippen molar-refractivity contribution in [3.8, 4) is 0 Å². The number of carbonyl (C=O) groups excluding carboxylic acids is 1. The number of benzene rings is 1. The molecule has 0 atom stereocenters. The number of carboxylic acid groups (broad SMARTS) is 1. The Bertz CT molecular complexity index is 483. The van der Waals surface area contributed by atoms with E-state index in [0.29, 0.717) is 12.1 Å². The highest BCUT2D eigenvalue weighted by Gasteiger charge is 2.07. The van der Waals surface area contributed by atoms with Crippen LogP contribution in [0.15, 0.2) is 30.8 Å². The van der Waals surface area contributed by atoms with Gasteiger partial charge in [0.2, 0.25) is 0 Å². The van der Waals surface area contributed by atoms with E-state index < -0.39 is 5.97 Å². The summed E-state index contributed by atoms with van der Waals surface area (Å²) in [5, 5.41) is 11.4. The molecule has 2 N–H and O–H groups in total. The van der Waals surface area contributed by atoms with Gasteiger partial charge in [-0.2, -0.15) is 0 Å². The van der Waals surface area contributed by atoms with Crippen molar-refractivity contribution in [2.75, 3.05) is 6.54 Å². The molecule has 0 aliphatic carbocycles. The first-order valence-electron chi connectivity index (χ1n) is 7.36. The van der Waals surface area contributed by atoms with Gasteiger partial charge in [0.25, 0.3) is 5.91 Å². The van der Waals surface area contributed by atoms with Crippen molar-refractivity contribution in [2.45, 2.75) is 38.5 Å². The number of hydrogen-bond acceptors (Lipinski definition) is 2. The average Bonchev–Trinajstić information content (AvgIpc) is 2.49. The predicted octanol–water partition coefficient (Wildman–Crippen LogP) is 3.48. The summed E-state index contributed by atoms with van der Waals surface area (Å²) < 4.78 is 0. The SMILES string of the molecule is C=Cc1ccccc1C(=O)NCCCCCCCC(=O)O. The number of hydrogen-bond donors (Lipinski definition) is 2. The molecule has 4 heteroatoms. The molecular weight excluding hydrogens is 266 g/mol. The van der Waals surface area contributed by atoms with Crippen molar-refractivity contribution in [3.05, 3.63) is 42.0 Å². The number of carboxylic acids is 1.